The summed E-state index contributed by atoms with van der Waals surface area (Å²) in [5.41, 5.74) is 0.922. The summed E-state index contributed by atoms with van der Waals surface area (Å²) in [6, 6.07) is 17.7. The van der Waals surface area contributed by atoms with Gasteiger partial charge in [0, 0.05) is 12.3 Å². The summed E-state index contributed by atoms with van der Waals surface area (Å²) in [7, 11) is 3.12. The molecule has 0 spiro atoms. The summed E-state index contributed by atoms with van der Waals surface area (Å²) >= 11 is 0. The van der Waals surface area contributed by atoms with Gasteiger partial charge in [0.15, 0.2) is 5.82 Å². The quantitative estimate of drug-likeness (QED) is 0.469. The number of anilines is 1. The van der Waals surface area contributed by atoms with E-state index >= 15 is 0 Å². The molecule has 2 aromatic carbocycles. The van der Waals surface area contributed by atoms with Crippen LogP contribution in [0.25, 0.3) is 11.4 Å². The third-order valence-corrected chi connectivity index (χ3v) is 4.35. The first-order valence-electron chi connectivity index (χ1n) is 9.32. The highest BCUT2D eigenvalue weighted by atomic mass is 16.5. The van der Waals surface area contributed by atoms with Gasteiger partial charge in [-0.2, -0.15) is 4.98 Å². The SMILES string of the molecule is COc1ccc(-c2nc(NC(=O)c3cccnc3Oc3ccccc3)n[nH]2)c(OC)c1. The summed E-state index contributed by atoms with van der Waals surface area (Å²) in [4.78, 5) is 21.3. The second-order valence-corrected chi connectivity index (χ2v) is 6.30. The molecule has 0 bridgehead atoms. The lowest BCUT2D eigenvalue weighted by atomic mass is 10.2. The summed E-state index contributed by atoms with van der Waals surface area (Å²) < 4.78 is 16.3. The molecule has 0 saturated heterocycles. The number of nitrogens with one attached hydrogen (secondary N) is 2. The maximum atomic E-state index is 12.8. The zero-order chi connectivity index (χ0) is 21.6. The number of carbonyl (C=O) groups excluding carboxylic acids is 1. The molecule has 0 fully saturated rings. The Morgan fingerprint density at radius 1 is 0.968 bits per heavy atom. The smallest absolute Gasteiger partial charge is 0.263 e. The first-order valence-corrected chi connectivity index (χ1v) is 9.32. The van der Waals surface area contributed by atoms with Gasteiger partial charge in [-0.05, 0) is 36.4 Å². The van der Waals surface area contributed by atoms with Crippen molar-refractivity contribution in [3.8, 4) is 34.5 Å². The maximum absolute atomic E-state index is 12.8. The average Bonchev–Trinajstić information content (AvgIpc) is 3.27. The van der Waals surface area contributed by atoms with Crippen molar-refractivity contribution in [1.82, 2.24) is 20.2 Å². The molecule has 9 heteroatoms. The Morgan fingerprint density at radius 2 is 1.81 bits per heavy atom. The van der Waals surface area contributed by atoms with E-state index in [1.165, 1.54) is 0 Å². The Kier molecular flexibility index (Phi) is 5.75. The van der Waals surface area contributed by atoms with E-state index in [0.29, 0.717) is 28.6 Å². The topological polar surface area (TPSA) is 111 Å². The van der Waals surface area contributed by atoms with E-state index in [9.17, 15) is 4.79 Å². The number of nitrogens with zero attached hydrogens (tertiary/aromatic N) is 3. The molecule has 0 radical (unpaired) electrons. The monoisotopic (exact) mass is 417 g/mol. The molecular formula is C22H19N5O4. The van der Waals surface area contributed by atoms with Crippen LogP contribution in [0, 0.1) is 0 Å². The molecule has 2 N–H and O–H groups in total. The number of hydrogen-bond donors (Lipinski definition) is 2. The van der Waals surface area contributed by atoms with Crippen LogP contribution in [0.4, 0.5) is 5.95 Å². The molecule has 0 aliphatic carbocycles. The standard InChI is InChI=1S/C22H19N5O4/c1-29-15-10-11-16(18(13-15)30-2)19-24-22(27-26-19)25-20(28)17-9-6-12-23-21(17)31-14-7-4-3-5-8-14/h3-13H,1-2H3,(H2,24,25,26,27,28). The van der Waals surface area contributed by atoms with Crippen LogP contribution >= 0.6 is 0 Å². The molecule has 4 aromatic rings. The fraction of sp³-hybridized carbons (Fsp3) is 0.0909. The molecule has 156 valence electrons. The number of methoxy groups -OCH3 is 2. The van der Waals surface area contributed by atoms with Gasteiger partial charge >= 0.3 is 0 Å². The lowest BCUT2D eigenvalue weighted by molar-refractivity contribution is 0.102. The van der Waals surface area contributed by atoms with Gasteiger partial charge in [0.1, 0.15) is 22.8 Å². The van der Waals surface area contributed by atoms with E-state index < -0.39 is 5.91 Å². The average molecular weight is 417 g/mol. The number of rotatable bonds is 7. The number of benzene rings is 2. The van der Waals surface area contributed by atoms with Crippen LogP contribution < -0.4 is 19.5 Å². The normalized spacial score (nSPS) is 10.4. The molecule has 2 aromatic heterocycles. The van der Waals surface area contributed by atoms with E-state index in [4.69, 9.17) is 14.2 Å². The van der Waals surface area contributed by atoms with Gasteiger partial charge in [0.05, 0.1) is 19.8 Å². The number of aromatic nitrogens is 4. The van der Waals surface area contributed by atoms with E-state index in [0.717, 1.165) is 0 Å². The van der Waals surface area contributed by atoms with Crippen molar-refractivity contribution in [2.24, 2.45) is 0 Å². The molecule has 0 aliphatic heterocycles. The van der Waals surface area contributed by atoms with Gasteiger partial charge in [-0.3, -0.25) is 15.2 Å². The first kappa shape index (κ1) is 19.9. The van der Waals surface area contributed by atoms with Gasteiger partial charge in [-0.25, -0.2) is 4.98 Å². The second kappa shape index (κ2) is 8.95. The molecule has 9 nitrogen and oxygen atoms in total. The van der Waals surface area contributed by atoms with Crippen LogP contribution in [0.1, 0.15) is 10.4 Å². The van der Waals surface area contributed by atoms with Crippen LogP contribution in [0.2, 0.25) is 0 Å². The van der Waals surface area contributed by atoms with Crippen LogP contribution in [0.5, 0.6) is 23.1 Å². The van der Waals surface area contributed by atoms with E-state index in [-0.39, 0.29) is 17.4 Å². The summed E-state index contributed by atoms with van der Waals surface area (Å²) in [6.07, 6.45) is 1.55. The highest BCUT2D eigenvalue weighted by Crippen LogP contribution is 2.31. The highest BCUT2D eigenvalue weighted by molar-refractivity contribution is 6.05. The number of ether oxygens (including phenoxy) is 3. The van der Waals surface area contributed by atoms with Crippen molar-refractivity contribution in [2.45, 2.75) is 0 Å². The lowest BCUT2D eigenvalue weighted by Crippen LogP contribution is -2.14. The summed E-state index contributed by atoms with van der Waals surface area (Å²) in [5.74, 6) is 2.04. The Morgan fingerprint density at radius 3 is 2.58 bits per heavy atom. The second-order valence-electron chi connectivity index (χ2n) is 6.30. The number of carbonyl (C=O) groups is 1. The fourth-order valence-electron chi connectivity index (χ4n) is 2.85. The molecule has 0 unspecified atom stereocenters. The van der Waals surface area contributed by atoms with Gasteiger partial charge < -0.3 is 14.2 Å². The van der Waals surface area contributed by atoms with Crippen LogP contribution in [-0.4, -0.2) is 40.3 Å². The highest BCUT2D eigenvalue weighted by Gasteiger charge is 2.18. The van der Waals surface area contributed by atoms with Crippen LogP contribution in [0.15, 0.2) is 66.9 Å². The number of pyridine rings is 1. The maximum Gasteiger partial charge on any atom is 0.263 e. The lowest BCUT2D eigenvalue weighted by Gasteiger charge is -2.09. The van der Waals surface area contributed by atoms with Gasteiger partial charge in [-0.1, -0.05) is 18.2 Å². The molecule has 31 heavy (non-hydrogen) atoms. The largest absolute Gasteiger partial charge is 0.497 e. The fourth-order valence-corrected chi connectivity index (χ4v) is 2.85. The number of H-pyrrole nitrogens is 1. The Balaban J connectivity index is 1.54. The molecule has 0 aliphatic rings. The minimum absolute atomic E-state index is 0.104. The van der Waals surface area contributed by atoms with Crippen molar-refractivity contribution in [1.29, 1.82) is 0 Å². The van der Waals surface area contributed by atoms with Crippen molar-refractivity contribution >= 4 is 11.9 Å². The van der Waals surface area contributed by atoms with E-state index in [1.807, 2.05) is 18.2 Å². The van der Waals surface area contributed by atoms with Gasteiger partial charge in [0.2, 0.25) is 11.8 Å². The molecule has 1 amide bonds. The minimum atomic E-state index is -0.453. The van der Waals surface area contributed by atoms with Gasteiger partial charge in [-0.15, -0.1) is 5.10 Å². The third kappa shape index (κ3) is 4.45. The van der Waals surface area contributed by atoms with E-state index in [1.54, 1.807) is 62.9 Å². The number of amides is 1. The van der Waals surface area contributed by atoms with Crippen LogP contribution in [-0.2, 0) is 0 Å². The Labute approximate surface area is 178 Å². The number of aromatic amines is 1. The molecule has 4 rings (SSSR count). The predicted octanol–water partition coefficient (Wildman–Crippen LogP) is 3.93. The van der Waals surface area contributed by atoms with E-state index in [2.05, 4.69) is 25.5 Å². The van der Waals surface area contributed by atoms with Gasteiger partial charge in [0.25, 0.3) is 5.91 Å². The van der Waals surface area contributed by atoms with Crippen molar-refractivity contribution < 1.29 is 19.0 Å². The van der Waals surface area contributed by atoms with Crippen molar-refractivity contribution in [2.75, 3.05) is 19.5 Å². The van der Waals surface area contributed by atoms with Crippen LogP contribution in [0.3, 0.4) is 0 Å². The minimum Gasteiger partial charge on any atom is -0.497 e. The molecule has 0 saturated carbocycles. The van der Waals surface area contributed by atoms with Crippen molar-refractivity contribution in [3.63, 3.8) is 0 Å². The number of para-hydroxylation sites is 1. The zero-order valence-corrected chi connectivity index (χ0v) is 16.8. The Hall–Kier alpha value is -4.40. The predicted molar refractivity (Wildman–Crippen MR) is 114 cm³/mol. The Bertz CT molecular complexity index is 1190. The summed E-state index contributed by atoms with van der Waals surface area (Å²) in [6.45, 7) is 0. The first-order chi connectivity index (χ1) is 15.2. The molecule has 2 heterocycles. The van der Waals surface area contributed by atoms with Crippen molar-refractivity contribution in [3.05, 3.63) is 72.4 Å². The zero-order valence-electron chi connectivity index (χ0n) is 16.8. The molecular weight excluding hydrogens is 398 g/mol. The molecule has 0 atom stereocenters. The summed E-state index contributed by atoms with van der Waals surface area (Å²) in [5, 5.41) is 9.53. The number of hydrogen-bond acceptors (Lipinski definition) is 7. The third-order valence-electron chi connectivity index (χ3n) is 4.35.